The normalized spacial score (nSPS) is 18.3. The van der Waals surface area contributed by atoms with E-state index in [1.807, 2.05) is 62.4 Å². The quantitative estimate of drug-likeness (QED) is 0.854. The minimum absolute atomic E-state index is 0.0621. The molecule has 0 spiro atoms. The second-order valence-electron chi connectivity index (χ2n) is 6.77. The molecule has 1 atom stereocenters. The molecule has 25 heavy (non-hydrogen) atoms. The summed E-state index contributed by atoms with van der Waals surface area (Å²) in [5.74, 6) is 1.51. The minimum Gasteiger partial charge on any atom is -0.497 e. The summed E-state index contributed by atoms with van der Waals surface area (Å²) in [6, 6.07) is 15.4. The number of para-hydroxylation sites is 1. The molecule has 2 aromatic carbocycles. The maximum absolute atomic E-state index is 12.4. The highest BCUT2D eigenvalue weighted by Gasteiger charge is 2.33. The van der Waals surface area contributed by atoms with Gasteiger partial charge in [0.1, 0.15) is 17.1 Å². The summed E-state index contributed by atoms with van der Waals surface area (Å²) < 4.78 is 11.1. The van der Waals surface area contributed by atoms with E-state index in [9.17, 15) is 4.79 Å². The average molecular weight is 337 g/mol. The van der Waals surface area contributed by atoms with Crippen molar-refractivity contribution in [2.45, 2.75) is 31.9 Å². The third kappa shape index (κ3) is 4.21. The molecule has 0 radical (unpaired) electrons. The van der Waals surface area contributed by atoms with E-state index < -0.39 is 0 Å². The number of ether oxygens (including phenoxy) is 2. The number of hydrogen-bond acceptors (Lipinski definition) is 3. The number of nitrogens with one attached hydrogen (secondary N) is 1. The number of carbonyl (C=O) groups is 1. The topological polar surface area (TPSA) is 47.6 Å². The number of amides is 1. The fourth-order valence-corrected chi connectivity index (χ4v) is 3.04. The highest BCUT2D eigenvalue weighted by atomic mass is 16.5. The van der Waals surface area contributed by atoms with Gasteiger partial charge in [0.2, 0.25) is 5.91 Å². The molecule has 4 nitrogen and oxygen atoms in total. The van der Waals surface area contributed by atoms with E-state index in [1.165, 1.54) is 0 Å². The Kier molecular flexibility index (Phi) is 4.79. The predicted molar refractivity (Wildman–Crippen MR) is 98.7 cm³/mol. The highest BCUT2D eigenvalue weighted by Crippen LogP contribution is 2.39. The molecule has 0 saturated carbocycles. The van der Waals surface area contributed by atoms with Gasteiger partial charge in [0.15, 0.2) is 0 Å². The Labute approximate surface area is 148 Å². The molecule has 4 heteroatoms. The molecule has 1 aliphatic heterocycles. The molecule has 0 unspecified atom stereocenters. The molecule has 1 heterocycles. The number of rotatable bonds is 4. The summed E-state index contributed by atoms with van der Waals surface area (Å²) in [5.41, 5.74) is 1.66. The fourth-order valence-electron chi connectivity index (χ4n) is 3.04. The smallest absolute Gasteiger partial charge is 0.244 e. The van der Waals surface area contributed by atoms with Gasteiger partial charge < -0.3 is 14.8 Å². The summed E-state index contributed by atoms with van der Waals surface area (Å²) in [7, 11) is 1.63. The lowest BCUT2D eigenvalue weighted by Gasteiger charge is -2.37. The van der Waals surface area contributed by atoms with Crippen molar-refractivity contribution in [1.29, 1.82) is 0 Å². The van der Waals surface area contributed by atoms with E-state index in [4.69, 9.17) is 9.47 Å². The number of carbonyl (C=O) groups excluding carboxylic acids is 1. The summed E-state index contributed by atoms with van der Waals surface area (Å²) in [4.78, 5) is 12.4. The third-order valence-corrected chi connectivity index (χ3v) is 4.24. The van der Waals surface area contributed by atoms with Crippen LogP contribution in [0.15, 0.2) is 54.6 Å². The van der Waals surface area contributed by atoms with Crippen LogP contribution in [0.1, 0.15) is 37.4 Å². The Bertz CT molecular complexity index is 778. The summed E-state index contributed by atoms with van der Waals surface area (Å²) in [5, 5.41) is 3.09. The van der Waals surface area contributed by atoms with Gasteiger partial charge in [0, 0.05) is 18.1 Å². The van der Waals surface area contributed by atoms with E-state index in [0.29, 0.717) is 0 Å². The molecule has 130 valence electrons. The molecular weight excluding hydrogens is 314 g/mol. The van der Waals surface area contributed by atoms with Gasteiger partial charge in [-0.15, -0.1) is 0 Å². The van der Waals surface area contributed by atoms with Crippen LogP contribution in [0.2, 0.25) is 0 Å². The van der Waals surface area contributed by atoms with Gasteiger partial charge in [-0.2, -0.15) is 0 Å². The lowest BCUT2D eigenvalue weighted by atomic mass is 9.89. The van der Waals surface area contributed by atoms with Gasteiger partial charge in [-0.25, -0.2) is 0 Å². The monoisotopic (exact) mass is 337 g/mol. The number of hydrogen-bond donors (Lipinski definition) is 1. The second kappa shape index (κ2) is 7.01. The maximum Gasteiger partial charge on any atom is 0.244 e. The molecular formula is C21H23NO3. The standard InChI is InChI=1S/C21H23NO3/c1-21(2)14-18(17-6-4-5-7-19(17)25-21)22-20(23)13-10-15-8-11-16(24-3)12-9-15/h4-13,18H,14H2,1-3H3,(H,22,23)/b13-10+/t18-/m0/s1. The zero-order valence-electron chi connectivity index (χ0n) is 14.8. The van der Waals surface area contributed by atoms with Crippen molar-refractivity contribution in [1.82, 2.24) is 5.32 Å². The molecule has 0 aliphatic carbocycles. The molecule has 0 saturated heterocycles. The molecule has 1 N–H and O–H groups in total. The van der Waals surface area contributed by atoms with Crippen molar-refractivity contribution in [2.24, 2.45) is 0 Å². The van der Waals surface area contributed by atoms with Gasteiger partial charge in [-0.1, -0.05) is 30.3 Å². The van der Waals surface area contributed by atoms with E-state index in [2.05, 4.69) is 5.32 Å². The van der Waals surface area contributed by atoms with Crippen molar-refractivity contribution in [3.05, 3.63) is 65.7 Å². The largest absolute Gasteiger partial charge is 0.497 e. The Morgan fingerprint density at radius 3 is 2.64 bits per heavy atom. The Hall–Kier alpha value is -2.75. The molecule has 0 aromatic heterocycles. The first-order valence-electron chi connectivity index (χ1n) is 8.37. The zero-order chi connectivity index (χ0) is 17.9. The van der Waals surface area contributed by atoms with E-state index in [1.54, 1.807) is 19.3 Å². The summed E-state index contributed by atoms with van der Waals surface area (Å²) >= 11 is 0. The lowest BCUT2D eigenvalue weighted by molar-refractivity contribution is -0.117. The lowest BCUT2D eigenvalue weighted by Crippen LogP contribution is -2.40. The predicted octanol–water partition coefficient (Wildman–Crippen LogP) is 4.13. The Balaban J connectivity index is 1.70. The van der Waals surface area contributed by atoms with E-state index in [-0.39, 0.29) is 17.6 Å². The Morgan fingerprint density at radius 2 is 1.92 bits per heavy atom. The van der Waals surface area contributed by atoms with Crippen LogP contribution in [-0.2, 0) is 4.79 Å². The van der Waals surface area contributed by atoms with Crippen LogP contribution in [-0.4, -0.2) is 18.6 Å². The third-order valence-electron chi connectivity index (χ3n) is 4.24. The molecule has 3 rings (SSSR count). The van der Waals surface area contributed by atoms with Crippen LogP contribution >= 0.6 is 0 Å². The Morgan fingerprint density at radius 1 is 1.20 bits per heavy atom. The second-order valence-corrected chi connectivity index (χ2v) is 6.77. The number of fused-ring (bicyclic) bond motifs is 1. The fraction of sp³-hybridized carbons (Fsp3) is 0.286. The van der Waals surface area contributed by atoms with Crippen LogP contribution in [0.5, 0.6) is 11.5 Å². The first-order chi connectivity index (χ1) is 12.0. The SMILES string of the molecule is COc1ccc(/C=C/C(=O)N[C@H]2CC(C)(C)Oc3ccccc32)cc1. The van der Waals surface area contributed by atoms with Gasteiger partial charge in [0.25, 0.3) is 0 Å². The highest BCUT2D eigenvalue weighted by molar-refractivity contribution is 5.92. The molecule has 0 bridgehead atoms. The summed E-state index contributed by atoms with van der Waals surface area (Å²) in [6.45, 7) is 4.07. The van der Waals surface area contributed by atoms with Crippen molar-refractivity contribution < 1.29 is 14.3 Å². The van der Waals surface area contributed by atoms with Gasteiger partial charge in [-0.3, -0.25) is 4.79 Å². The summed E-state index contributed by atoms with van der Waals surface area (Å²) in [6.07, 6.45) is 4.09. The maximum atomic E-state index is 12.4. The first-order valence-corrected chi connectivity index (χ1v) is 8.37. The van der Waals surface area contributed by atoms with E-state index in [0.717, 1.165) is 29.0 Å². The van der Waals surface area contributed by atoms with Gasteiger partial charge in [0.05, 0.1) is 13.2 Å². The van der Waals surface area contributed by atoms with Crippen LogP contribution in [0, 0.1) is 0 Å². The molecule has 1 aliphatic rings. The van der Waals surface area contributed by atoms with Crippen LogP contribution in [0.25, 0.3) is 6.08 Å². The molecule has 1 amide bonds. The van der Waals surface area contributed by atoms with Crippen molar-refractivity contribution in [2.75, 3.05) is 7.11 Å². The zero-order valence-corrected chi connectivity index (χ0v) is 14.8. The first kappa shape index (κ1) is 17.1. The van der Waals surface area contributed by atoms with Crippen LogP contribution < -0.4 is 14.8 Å². The van der Waals surface area contributed by atoms with Crippen LogP contribution in [0.3, 0.4) is 0 Å². The van der Waals surface area contributed by atoms with Crippen molar-refractivity contribution in [3.63, 3.8) is 0 Å². The molecule has 0 fully saturated rings. The molecule has 2 aromatic rings. The van der Waals surface area contributed by atoms with Gasteiger partial charge >= 0.3 is 0 Å². The van der Waals surface area contributed by atoms with Crippen molar-refractivity contribution in [3.8, 4) is 11.5 Å². The number of benzene rings is 2. The average Bonchev–Trinajstić information content (AvgIpc) is 2.59. The minimum atomic E-state index is -0.313. The van der Waals surface area contributed by atoms with Gasteiger partial charge in [-0.05, 0) is 43.7 Å². The van der Waals surface area contributed by atoms with Crippen molar-refractivity contribution >= 4 is 12.0 Å². The van der Waals surface area contributed by atoms with Crippen LogP contribution in [0.4, 0.5) is 0 Å². The number of methoxy groups -OCH3 is 1. The van der Waals surface area contributed by atoms with E-state index >= 15 is 0 Å².